The predicted molar refractivity (Wildman–Crippen MR) is 75.1 cm³/mol. The Labute approximate surface area is 111 Å². The molecule has 0 bridgehead atoms. The summed E-state index contributed by atoms with van der Waals surface area (Å²) in [4.78, 5) is 1.36. The Balaban J connectivity index is 1.73. The van der Waals surface area contributed by atoms with E-state index in [4.69, 9.17) is 0 Å². The molecule has 3 heteroatoms. The number of hydrogen-bond donors (Lipinski definition) is 1. The summed E-state index contributed by atoms with van der Waals surface area (Å²) in [7, 11) is 0. The molecule has 1 atom stereocenters. The highest BCUT2D eigenvalue weighted by atomic mass is 79.9. The SMILES string of the molecule is Brc1ccccc1SCCC1CCCCN1. The lowest BCUT2D eigenvalue weighted by Crippen LogP contribution is -2.34. The first-order valence-corrected chi connectivity index (χ1v) is 7.75. The van der Waals surface area contributed by atoms with Crippen molar-refractivity contribution >= 4 is 27.7 Å². The zero-order chi connectivity index (χ0) is 11.2. The number of rotatable bonds is 4. The van der Waals surface area contributed by atoms with E-state index in [2.05, 4.69) is 45.5 Å². The van der Waals surface area contributed by atoms with Crippen molar-refractivity contribution in [2.75, 3.05) is 12.3 Å². The lowest BCUT2D eigenvalue weighted by molar-refractivity contribution is 0.395. The van der Waals surface area contributed by atoms with Crippen LogP contribution in [0.15, 0.2) is 33.6 Å². The molecule has 1 nitrogen and oxygen atoms in total. The molecule has 1 heterocycles. The van der Waals surface area contributed by atoms with Gasteiger partial charge in [0.15, 0.2) is 0 Å². The van der Waals surface area contributed by atoms with Gasteiger partial charge in [-0.15, -0.1) is 11.8 Å². The van der Waals surface area contributed by atoms with Crippen molar-refractivity contribution in [3.05, 3.63) is 28.7 Å². The van der Waals surface area contributed by atoms with E-state index in [-0.39, 0.29) is 0 Å². The third-order valence-electron chi connectivity index (χ3n) is 2.97. The molecule has 0 saturated carbocycles. The molecular formula is C13H18BrNS. The van der Waals surface area contributed by atoms with Crippen LogP contribution >= 0.6 is 27.7 Å². The standard InChI is InChI=1S/C13H18BrNS/c14-12-6-1-2-7-13(12)16-10-8-11-5-3-4-9-15-11/h1-2,6-7,11,15H,3-5,8-10H2. The van der Waals surface area contributed by atoms with Crippen molar-refractivity contribution in [1.82, 2.24) is 5.32 Å². The minimum atomic E-state index is 0.753. The van der Waals surface area contributed by atoms with Gasteiger partial charge in [0.25, 0.3) is 0 Å². The predicted octanol–water partition coefficient (Wildman–Crippen LogP) is 4.07. The van der Waals surface area contributed by atoms with Crippen LogP contribution in [0.5, 0.6) is 0 Å². The molecule has 16 heavy (non-hydrogen) atoms. The van der Waals surface area contributed by atoms with Crippen LogP contribution in [0.1, 0.15) is 25.7 Å². The van der Waals surface area contributed by atoms with Crippen molar-refractivity contribution < 1.29 is 0 Å². The maximum Gasteiger partial charge on any atom is 0.0311 e. The molecule has 1 fully saturated rings. The molecule has 0 amide bonds. The normalized spacial score (nSPS) is 20.9. The van der Waals surface area contributed by atoms with Gasteiger partial charge in [0.1, 0.15) is 0 Å². The molecule has 88 valence electrons. The largest absolute Gasteiger partial charge is 0.314 e. The van der Waals surface area contributed by atoms with Crippen molar-refractivity contribution in [3.63, 3.8) is 0 Å². The van der Waals surface area contributed by atoms with Crippen molar-refractivity contribution in [1.29, 1.82) is 0 Å². The summed E-state index contributed by atoms with van der Waals surface area (Å²) in [6, 6.07) is 9.22. The smallest absolute Gasteiger partial charge is 0.0311 e. The summed E-state index contributed by atoms with van der Waals surface area (Å²) >= 11 is 5.54. The highest BCUT2D eigenvalue weighted by Gasteiger charge is 2.12. The van der Waals surface area contributed by atoms with Gasteiger partial charge in [-0.05, 0) is 59.6 Å². The van der Waals surface area contributed by atoms with Gasteiger partial charge in [0.05, 0.1) is 0 Å². The van der Waals surface area contributed by atoms with Crippen LogP contribution in [-0.2, 0) is 0 Å². The Hall–Kier alpha value is 0.01000. The van der Waals surface area contributed by atoms with Crippen LogP contribution in [0.25, 0.3) is 0 Å². The summed E-state index contributed by atoms with van der Waals surface area (Å²) in [6.45, 7) is 1.21. The number of halogens is 1. The van der Waals surface area contributed by atoms with E-state index in [1.54, 1.807) is 0 Å². The molecule has 2 rings (SSSR count). The number of thioether (sulfide) groups is 1. The fraction of sp³-hybridized carbons (Fsp3) is 0.538. The van der Waals surface area contributed by atoms with Gasteiger partial charge in [-0.1, -0.05) is 18.6 Å². The average Bonchev–Trinajstić information content (AvgIpc) is 2.33. The van der Waals surface area contributed by atoms with E-state index in [0.29, 0.717) is 0 Å². The Morgan fingerprint density at radius 3 is 2.94 bits per heavy atom. The van der Waals surface area contributed by atoms with Gasteiger partial charge in [-0.25, -0.2) is 0 Å². The second-order valence-electron chi connectivity index (χ2n) is 4.21. The zero-order valence-corrected chi connectivity index (χ0v) is 11.8. The van der Waals surface area contributed by atoms with Crippen molar-refractivity contribution in [3.8, 4) is 0 Å². The summed E-state index contributed by atoms with van der Waals surface area (Å²) < 4.78 is 1.22. The van der Waals surface area contributed by atoms with Gasteiger partial charge >= 0.3 is 0 Å². The lowest BCUT2D eigenvalue weighted by atomic mass is 10.0. The highest BCUT2D eigenvalue weighted by molar-refractivity contribution is 9.10. The number of benzene rings is 1. The van der Waals surface area contributed by atoms with E-state index in [1.165, 1.54) is 47.3 Å². The Morgan fingerprint density at radius 1 is 1.31 bits per heavy atom. The molecule has 1 saturated heterocycles. The Kier molecular flexibility index (Phi) is 5.20. The molecule has 1 aromatic carbocycles. The Morgan fingerprint density at radius 2 is 2.19 bits per heavy atom. The topological polar surface area (TPSA) is 12.0 Å². The third-order valence-corrected chi connectivity index (χ3v) is 5.03. The van der Waals surface area contributed by atoms with E-state index in [0.717, 1.165) is 6.04 Å². The fourth-order valence-corrected chi connectivity index (χ4v) is 3.67. The molecule has 1 aliphatic rings. The maximum absolute atomic E-state index is 3.59. The quantitative estimate of drug-likeness (QED) is 0.841. The molecular weight excluding hydrogens is 282 g/mol. The van der Waals surface area contributed by atoms with Gasteiger partial charge in [0.2, 0.25) is 0 Å². The zero-order valence-electron chi connectivity index (χ0n) is 9.42. The van der Waals surface area contributed by atoms with Crippen LogP contribution in [0.2, 0.25) is 0 Å². The first-order valence-electron chi connectivity index (χ1n) is 5.97. The summed E-state index contributed by atoms with van der Waals surface area (Å²) in [5.41, 5.74) is 0. The van der Waals surface area contributed by atoms with Gasteiger partial charge in [-0.2, -0.15) is 0 Å². The van der Waals surface area contributed by atoms with Crippen LogP contribution in [0.3, 0.4) is 0 Å². The van der Waals surface area contributed by atoms with Crippen LogP contribution < -0.4 is 5.32 Å². The molecule has 0 aliphatic carbocycles. The third kappa shape index (κ3) is 3.79. The highest BCUT2D eigenvalue weighted by Crippen LogP contribution is 2.28. The van der Waals surface area contributed by atoms with Crippen molar-refractivity contribution in [2.24, 2.45) is 0 Å². The number of piperidine rings is 1. The van der Waals surface area contributed by atoms with Crippen molar-refractivity contribution in [2.45, 2.75) is 36.6 Å². The van der Waals surface area contributed by atoms with E-state index >= 15 is 0 Å². The molecule has 1 aromatic rings. The summed E-state index contributed by atoms with van der Waals surface area (Å²) in [5.74, 6) is 1.21. The van der Waals surface area contributed by atoms with E-state index in [1.807, 2.05) is 11.8 Å². The molecule has 0 spiro atoms. The average molecular weight is 300 g/mol. The minimum Gasteiger partial charge on any atom is -0.314 e. The number of hydrogen-bond acceptors (Lipinski definition) is 2. The van der Waals surface area contributed by atoms with Gasteiger partial charge in [-0.3, -0.25) is 0 Å². The molecule has 1 unspecified atom stereocenters. The number of nitrogens with one attached hydrogen (secondary N) is 1. The Bertz CT molecular complexity index is 323. The maximum atomic E-state index is 3.59. The first kappa shape index (κ1) is 12.5. The molecule has 0 radical (unpaired) electrons. The fourth-order valence-electron chi connectivity index (χ4n) is 2.04. The minimum absolute atomic E-state index is 0.753. The molecule has 0 aromatic heterocycles. The van der Waals surface area contributed by atoms with Crippen LogP contribution in [-0.4, -0.2) is 18.3 Å². The molecule has 1 aliphatic heterocycles. The second kappa shape index (κ2) is 6.67. The lowest BCUT2D eigenvalue weighted by Gasteiger charge is -2.23. The monoisotopic (exact) mass is 299 g/mol. The van der Waals surface area contributed by atoms with E-state index in [9.17, 15) is 0 Å². The summed E-state index contributed by atoms with van der Waals surface area (Å²) in [6.07, 6.45) is 5.40. The van der Waals surface area contributed by atoms with Crippen LogP contribution in [0, 0.1) is 0 Å². The summed E-state index contributed by atoms with van der Waals surface area (Å²) in [5, 5.41) is 3.59. The van der Waals surface area contributed by atoms with Gasteiger partial charge in [0, 0.05) is 15.4 Å². The first-order chi connectivity index (χ1) is 7.86. The second-order valence-corrected chi connectivity index (χ2v) is 6.21. The van der Waals surface area contributed by atoms with Gasteiger partial charge < -0.3 is 5.32 Å². The van der Waals surface area contributed by atoms with Crippen LogP contribution in [0.4, 0.5) is 0 Å². The van der Waals surface area contributed by atoms with E-state index < -0.39 is 0 Å². The molecule has 1 N–H and O–H groups in total.